The van der Waals surface area contributed by atoms with E-state index in [0.29, 0.717) is 17.2 Å². The summed E-state index contributed by atoms with van der Waals surface area (Å²) in [6.45, 7) is 2.05. The van der Waals surface area contributed by atoms with Crippen molar-refractivity contribution in [3.05, 3.63) is 40.9 Å². The number of hydrogen-bond acceptors (Lipinski definition) is 6. The van der Waals surface area contributed by atoms with Crippen LogP contribution in [0.25, 0.3) is 10.6 Å². The Hall–Kier alpha value is -2.21. The number of aromatic nitrogens is 1. The maximum absolute atomic E-state index is 11.6. The summed E-state index contributed by atoms with van der Waals surface area (Å²) in [5.41, 5.74) is 1.47. The Morgan fingerprint density at radius 2 is 2.10 bits per heavy atom. The number of carbonyl (C=O) groups is 2. The minimum Gasteiger partial charge on any atom is -0.465 e. The molecule has 0 amide bonds. The van der Waals surface area contributed by atoms with Gasteiger partial charge >= 0.3 is 11.9 Å². The van der Waals surface area contributed by atoms with Crippen molar-refractivity contribution in [2.24, 2.45) is 0 Å². The number of carbonyl (C=O) groups excluding carboxylic acids is 2. The molecule has 5 nitrogen and oxygen atoms in total. The van der Waals surface area contributed by atoms with Gasteiger partial charge in [-0.05, 0) is 19.1 Å². The molecular weight excluding hydrogens is 278 g/mol. The van der Waals surface area contributed by atoms with Crippen molar-refractivity contribution < 1.29 is 19.1 Å². The van der Waals surface area contributed by atoms with E-state index in [1.165, 1.54) is 18.4 Å². The number of nitrogens with zero attached hydrogens (tertiary/aromatic N) is 1. The third-order valence-corrected chi connectivity index (χ3v) is 3.41. The second-order valence-electron chi connectivity index (χ2n) is 3.83. The van der Waals surface area contributed by atoms with Crippen LogP contribution in [0.3, 0.4) is 0 Å². The van der Waals surface area contributed by atoms with E-state index >= 15 is 0 Å². The maximum Gasteiger partial charge on any atom is 0.357 e. The monoisotopic (exact) mass is 291 g/mol. The van der Waals surface area contributed by atoms with Gasteiger partial charge in [-0.15, -0.1) is 11.3 Å². The lowest BCUT2D eigenvalue weighted by molar-refractivity contribution is 0.0519. The van der Waals surface area contributed by atoms with E-state index in [9.17, 15) is 9.59 Å². The fourth-order valence-electron chi connectivity index (χ4n) is 1.60. The Morgan fingerprint density at radius 1 is 1.30 bits per heavy atom. The standard InChI is InChI=1S/C14H13NO4S/c1-3-19-14(17)11-8-20-12(15-11)9-5-4-6-10(7-9)13(16)18-2/h4-8H,3H2,1-2H3. The minimum absolute atomic E-state index is 0.273. The van der Waals surface area contributed by atoms with Crippen molar-refractivity contribution in [2.75, 3.05) is 13.7 Å². The largest absolute Gasteiger partial charge is 0.465 e. The molecular formula is C14H13NO4S. The second kappa shape index (κ2) is 6.29. The molecule has 0 N–H and O–H groups in total. The highest BCUT2D eigenvalue weighted by Crippen LogP contribution is 2.25. The van der Waals surface area contributed by atoms with Gasteiger partial charge in [0.05, 0.1) is 19.3 Å². The quantitative estimate of drug-likeness (QED) is 0.810. The third kappa shape index (κ3) is 3.03. The zero-order valence-corrected chi connectivity index (χ0v) is 11.9. The van der Waals surface area contributed by atoms with Gasteiger partial charge < -0.3 is 9.47 Å². The van der Waals surface area contributed by atoms with Gasteiger partial charge in [-0.3, -0.25) is 0 Å². The van der Waals surface area contributed by atoms with Crippen molar-refractivity contribution >= 4 is 23.3 Å². The Morgan fingerprint density at radius 3 is 2.80 bits per heavy atom. The number of ether oxygens (including phenoxy) is 2. The van der Waals surface area contributed by atoms with Crippen LogP contribution in [-0.2, 0) is 9.47 Å². The normalized spacial score (nSPS) is 10.1. The van der Waals surface area contributed by atoms with Gasteiger partial charge in [0, 0.05) is 10.9 Å². The van der Waals surface area contributed by atoms with Gasteiger partial charge in [0.15, 0.2) is 5.69 Å². The summed E-state index contributed by atoms with van der Waals surface area (Å²) >= 11 is 1.32. The molecule has 1 aromatic heterocycles. The van der Waals surface area contributed by atoms with Crippen LogP contribution in [0.2, 0.25) is 0 Å². The van der Waals surface area contributed by atoms with Gasteiger partial charge in [-0.1, -0.05) is 12.1 Å². The van der Waals surface area contributed by atoms with Crippen LogP contribution in [0.15, 0.2) is 29.6 Å². The van der Waals surface area contributed by atoms with E-state index in [0.717, 1.165) is 5.56 Å². The molecule has 1 heterocycles. The van der Waals surface area contributed by atoms with E-state index in [1.807, 2.05) is 6.07 Å². The lowest BCUT2D eigenvalue weighted by Gasteiger charge is -2.01. The molecule has 0 aliphatic rings. The average Bonchev–Trinajstić information content (AvgIpc) is 2.97. The van der Waals surface area contributed by atoms with E-state index in [2.05, 4.69) is 9.72 Å². The van der Waals surface area contributed by atoms with Crippen LogP contribution in [0.1, 0.15) is 27.8 Å². The molecule has 0 saturated carbocycles. The number of methoxy groups -OCH3 is 1. The number of rotatable bonds is 4. The summed E-state index contributed by atoms with van der Waals surface area (Å²) in [5.74, 6) is -0.854. The fourth-order valence-corrected chi connectivity index (χ4v) is 2.39. The van der Waals surface area contributed by atoms with Gasteiger partial charge in [-0.25, -0.2) is 14.6 Å². The first-order valence-electron chi connectivity index (χ1n) is 5.97. The molecule has 0 aliphatic heterocycles. The molecule has 20 heavy (non-hydrogen) atoms. The van der Waals surface area contributed by atoms with Crippen molar-refractivity contribution in [3.63, 3.8) is 0 Å². The lowest BCUT2D eigenvalue weighted by Crippen LogP contribution is -2.04. The summed E-state index contributed by atoms with van der Waals surface area (Å²) in [6, 6.07) is 6.90. The van der Waals surface area contributed by atoms with Crippen LogP contribution in [0.5, 0.6) is 0 Å². The fraction of sp³-hybridized carbons (Fsp3) is 0.214. The maximum atomic E-state index is 11.6. The molecule has 0 atom stereocenters. The molecule has 0 radical (unpaired) electrons. The summed E-state index contributed by atoms with van der Waals surface area (Å²) in [4.78, 5) is 27.3. The van der Waals surface area contributed by atoms with Crippen LogP contribution in [0.4, 0.5) is 0 Å². The van der Waals surface area contributed by atoms with Gasteiger partial charge in [0.25, 0.3) is 0 Å². The summed E-state index contributed by atoms with van der Waals surface area (Å²) in [7, 11) is 1.33. The molecule has 0 aliphatic carbocycles. The third-order valence-electron chi connectivity index (χ3n) is 2.52. The highest BCUT2D eigenvalue weighted by molar-refractivity contribution is 7.13. The number of esters is 2. The number of hydrogen-bond donors (Lipinski definition) is 0. The van der Waals surface area contributed by atoms with E-state index in [1.54, 1.807) is 30.5 Å². The van der Waals surface area contributed by atoms with E-state index in [-0.39, 0.29) is 5.69 Å². The molecule has 2 aromatic rings. The zero-order chi connectivity index (χ0) is 14.5. The lowest BCUT2D eigenvalue weighted by atomic mass is 10.1. The molecule has 1 aromatic carbocycles. The van der Waals surface area contributed by atoms with Crippen LogP contribution >= 0.6 is 11.3 Å². The SMILES string of the molecule is CCOC(=O)c1csc(-c2cccc(C(=O)OC)c2)n1. The first kappa shape index (κ1) is 14.2. The minimum atomic E-state index is -0.445. The zero-order valence-electron chi connectivity index (χ0n) is 11.1. The van der Waals surface area contributed by atoms with Crippen molar-refractivity contribution in [2.45, 2.75) is 6.92 Å². The first-order chi connectivity index (χ1) is 9.65. The Bertz CT molecular complexity index is 636. The predicted molar refractivity (Wildman–Crippen MR) is 74.8 cm³/mol. The van der Waals surface area contributed by atoms with Gasteiger partial charge in [0.2, 0.25) is 0 Å². The average molecular weight is 291 g/mol. The van der Waals surface area contributed by atoms with E-state index in [4.69, 9.17) is 4.74 Å². The van der Waals surface area contributed by atoms with Crippen LogP contribution < -0.4 is 0 Å². The molecule has 0 saturated heterocycles. The highest BCUT2D eigenvalue weighted by atomic mass is 32.1. The van der Waals surface area contributed by atoms with Gasteiger partial charge in [0.1, 0.15) is 5.01 Å². The van der Waals surface area contributed by atoms with Crippen molar-refractivity contribution in [3.8, 4) is 10.6 Å². The topological polar surface area (TPSA) is 65.5 Å². The Balaban J connectivity index is 2.28. The van der Waals surface area contributed by atoms with Crippen molar-refractivity contribution in [1.82, 2.24) is 4.98 Å². The molecule has 104 valence electrons. The number of thiazole rings is 1. The first-order valence-corrected chi connectivity index (χ1v) is 6.85. The summed E-state index contributed by atoms with van der Waals surface area (Å²) in [5, 5.41) is 2.29. The second-order valence-corrected chi connectivity index (χ2v) is 4.69. The Labute approximate surface area is 120 Å². The molecule has 0 unspecified atom stereocenters. The Kier molecular flexibility index (Phi) is 4.47. The van der Waals surface area contributed by atoms with Crippen molar-refractivity contribution in [1.29, 1.82) is 0 Å². The highest BCUT2D eigenvalue weighted by Gasteiger charge is 2.14. The molecule has 0 fully saturated rings. The predicted octanol–water partition coefficient (Wildman–Crippen LogP) is 2.77. The summed E-state index contributed by atoms with van der Waals surface area (Å²) in [6.07, 6.45) is 0. The van der Waals surface area contributed by atoms with Crippen LogP contribution in [-0.4, -0.2) is 30.6 Å². The van der Waals surface area contributed by atoms with Crippen LogP contribution in [0, 0.1) is 0 Å². The van der Waals surface area contributed by atoms with E-state index < -0.39 is 11.9 Å². The molecule has 2 rings (SSSR count). The number of benzene rings is 1. The molecule has 0 spiro atoms. The summed E-state index contributed by atoms with van der Waals surface area (Å²) < 4.78 is 9.56. The van der Waals surface area contributed by atoms with Gasteiger partial charge in [-0.2, -0.15) is 0 Å². The molecule has 0 bridgehead atoms. The molecule has 6 heteroatoms. The smallest absolute Gasteiger partial charge is 0.357 e.